The molecule has 0 atom stereocenters. The van der Waals surface area contributed by atoms with Crippen LogP contribution < -0.4 is 5.43 Å². The Hall–Kier alpha value is -2.65. The van der Waals surface area contributed by atoms with E-state index in [2.05, 4.69) is 15.5 Å². The maximum Gasteiger partial charge on any atom is 0.116 e. The highest BCUT2D eigenvalue weighted by Crippen LogP contribution is 2.15. The Morgan fingerprint density at radius 3 is 2.27 bits per heavy atom. The lowest BCUT2D eigenvalue weighted by Crippen LogP contribution is -2.08. The summed E-state index contributed by atoms with van der Waals surface area (Å²) in [6.45, 7) is 0. The SMILES string of the molecule is Clc1ccc(NN=C(c2ccccc2)c2ccccn2)cc1. The topological polar surface area (TPSA) is 37.3 Å². The number of hydrazone groups is 1. The molecule has 1 aromatic heterocycles. The highest BCUT2D eigenvalue weighted by atomic mass is 35.5. The van der Waals surface area contributed by atoms with E-state index in [0.717, 1.165) is 22.7 Å². The van der Waals surface area contributed by atoms with Gasteiger partial charge in [0.05, 0.1) is 11.4 Å². The number of nitrogens with zero attached hydrogens (tertiary/aromatic N) is 2. The molecule has 0 saturated carbocycles. The van der Waals surface area contributed by atoms with E-state index in [1.807, 2.05) is 72.8 Å². The molecule has 0 amide bonds. The minimum atomic E-state index is 0.697. The molecular formula is C18H14ClN3. The van der Waals surface area contributed by atoms with Crippen molar-refractivity contribution in [3.8, 4) is 0 Å². The number of halogens is 1. The standard InChI is InChI=1S/C18H14ClN3/c19-15-9-11-16(12-10-15)21-22-18(14-6-2-1-3-7-14)17-8-4-5-13-20-17/h1-13,21H. The number of nitrogens with one attached hydrogen (secondary N) is 1. The van der Waals surface area contributed by atoms with Crippen molar-refractivity contribution in [3.63, 3.8) is 0 Å². The lowest BCUT2D eigenvalue weighted by atomic mass is 10.1. The zero-order valence-corrected chi connectivity index (χ0v) is 12.5. The van der Waals surface area contributed by atoms with Crippen LogP contribution in [0.2, 0.25) is 5.02 Å². The van der Waals surface area contributed by atoms with E-state index >= 15 is 0 Å². The molecule has 0 aliphatic carbocycles. The van der Waals surface area contributed by atoms with E-state index < -0.39 is 0 Å². The summed E-state index contributed by atoms with van der Waals surface area (Å²) in [4.78, 5) is 4.39. The normalized spacial score (nSPS) is 11.2. The minimum Gasteiger partial charge on any atom is -0.278 e. The quantitative estimate of drug-likeness (QED) is 0.565. The number of hydrogen-bond acceptors (Lipinski definition) is 3. The number of hydrogen-bond donors (Lipinski definition) is 1. The first-order valence-corrected chi connectivity index (χ1v) is 7.27. The summed E-state index contributed by atoms with van der Waals surface area (Å²) in [6.07, 6.45) is 1.76. The van der Waals surface area contributed by atoms with Gasteiger partial charge in [-0.3, -0.25) is 10.4 Å². The smallest absolute Gasteiger partial charge is 0.116 e. The third-order valence-corrected chi connectivity index (χ3v) is 3.35. The molecule has 4 heteroatoms. The molecular weight excluding hydrogens is 294 g/mol. The monoisotopic (exact) mass is 307 g/mol. The van der Waals surface area contributed by atoms with E-state index in [1.165, 1.54) is 0 Å². The van der Waals surface area contributed by atoms with Crippen LogP contribution in [0.3, 0.4) is 0 Å². The highest BCUT2D eigenvalue weighted by molar-refractivity contribution is 6.30. The Morgan fingerprint density at radius 1 is 0.864 bits per heavy atom. The van der Waals surface area contributed by atoms with E-state index in [-0.39, 0.29) is 0 Å². The fraction of sp³-hybridized carbons (Fsp3) is 0. The number of pyridine rings is 1. The van der Waals surface area contributed by atoms with Gasteiger partial charge in [0, 0.05) is 16.8 Å². The summed E-state index contributed by atoms with van der Waals surface area (Å²) in [5, 5.41) is 5.22. The number of benzene rings is 2. The average molecular weight is 308 g/mol. The molecule has 0 saturated heterocycles. The minimum absolute atomic E-state index is 0.697. The number of anilines is 1. The third-order valence-electron chi connectivity index (χ3n) is 3.10. The van der Waals surface area contributed by atoms with Crippen molar-refractivity contribution in [2.45, 2.75) is 0 Å². The average Bonchev–Trinajstić information content (AvgIpc) is 2.59. The summed E-state index contributed by atoms with van der Waals surface area (Å²) in [5.41, 5.74) is 6.53. The Morgan fingerprint density at radius 2 is 1.59 bits per heavy atom. The second kappa shape index (κ2) is 6.87. The van der Waals surface area contributed by atoms with Gasteiger partial charge in [-0.25, -0.2) is 0 Å². The highest BCUT2D eigenvalue weighted by Gasteiger charge is 2.07. The molecule has 0 fully saturated rings. The third kappa shape index (κ3) is 3.51. The summed E-state index contributed by atoms with van der Waals surface area (Å²) >= 11 is 5.89. The fourth-order valence-corrected chi connectivity index (χ4v) is 2.14. The zero-order valence-electron chi connectivity index (χ0n) is 11.8. The summed E-state index contributed by atoms with van der Waals surface area (Å²) in [7, 11) is 0. The molecule has 0 aliphatic heterocycles. The lowest BCUT2D eigenvalue weighted by Gasteiger charge is -2.07. The molecule has 3 aromatic rings. The van der Waals surface area contributed by atoms with E-state index in [4.69, 9.17) is 11.6 Å². The second-order valence-corrected chi connectivity index (χ2v) is 5.10. The molecule has 0 bridgehead atoms. The van der Waals surface area contributed by atoms with Crippen LogP contribution in [-0.2, 0) is 0 Å². The van der Waals surface area contributed by atoms with Gasteiger partial charge in [-0.2, -0.15) is 5.10 Å². The van der Waals surface area contributed by atoms with Crippen molar-refractivity contribution >= 4 is 23.0 Å². The van der Waals surface area contributed by atoms with Gasteiger partial charge in [0.2, 0.25) is 0 Å². The van der Waals surface area contributed by atoms with Crippen molar-refractivity contribution in [1.29, 1.82) is 0 Å². The predicted octanol–water partition coefficient (Wildman–Crippen LogP) is 4.60. The van der Waals surface area contributed by atoms with E-state index in [0.29, 0.717) is 5.02 Å². The first-order chi connectivity index (χ1) is 10.8. The van der Waals surface area contributed by atoms with Crippen molar-refractivity contribution in [3.05, 3.63) is 95.3 Å². The Balaban J connectivity index is 1.95. The lowest BCUT2D eigenvalue weighted by molar-refractivity contribution is 1.25. The number of rotatable bonds is 4. The molecule has 22 heavy (non-hydrogen) atoms. The molecule has 0 unspecified atom stereocenters. The van der Waals surface area contributed by atoms with Gasteiger partial charge in [0.15, 0.2) is 0 Å². The van der Waals surface area contributed by atoms with Crippen LogP contribution in [0, 0.1) is 0 Å². The number of aromatic nitrogens is 1. The molecule has 2 aromatic carbocycles. The van der Waals surface area contributed by atoms with Crippen LogP contribution in [0.5, 0.6) is 0 Å². The molecule has 1 N–H and O–H groups in total. The van der Waals surface area contributed by atoms with Crippen molar-refractivity contribution in [2.75, 3.05) is 5.43 Å². The first kappa shape index (κ1) is 14.3. The van der Waals surface area contributed by atoms with Gasteiger partial charge in [0.1, 0.15) is 5.71 Å². The molecule has 0 aliphatic rings. The van der Waals surface area contributed by atoms with Crippen LogP contribution in [0.4, 0.5) is 5.69 Å². The van der Waals surface area contributed by atoms with Crippen molar-refractivity contribution < 1.29 is 0 Å². The summed E-state index contributed by atoms with van der Waals surface area (Å²) in [6, 6.07) is 23.1. The van der Waals surface area contributed by atoms with Crippen LogP contribution in [0.15, 0.2) is 84.1 Å². The van der Waals surface area contributed by atoms with Gasteiger partial charge in [-0.05, 0) is 36.4 Å². The molecule has 0 spiro atoms. The van der Waals surface area contributed by atoms with Crippen LogP contribution >= 0.6 is 11.6 Å². The maximum atomic E-state index is 5.89. The summed E-state index contributed by atoms with van der Waals surface area (Å²) in [5.74, 6) is 0. The van der Waals surface area contributed by atoms with Crippen LogP contribution in [0.1, 0.15) is 11.3 Å². The molecule has 1 heterocycles. The predicted molar refractivity (Wildman–Crippen MR) is 91.4 cm³/mol. The van der Waals surface area contributed by atoms with Crippen molar-refractivity contribution in [2.24, 2.45) is 5.10 Å². The molecule has 3 nitrogen and oxygen atoms in total. The van der Waals surface area contributed by atoms with Crippen LogP contribution in [-0.4, -0.2) is 10.7 Å². The van der Waals surface area contributed by atoms with Gasteiger partial charge in [-0.15, -0.1) is 0 Å². The summed E-state index contributed by atoms with van der Waals surface area (Å²) < 4.78 is 0. The van der Waals surface area contributed by atoms with Gasteiger partial charge in [0.25, 0.3) is 0 Å². The van der Waals surface area contributed by atoms with E-state index in [1.54, 1.807) is 6.20 Å². The fourth-order valence-electron chi connectivity index (χ4n) is 2.01. The van der Waals surface area contributed by atoms with Gasteiger partial charge in [-0.1, -0.05) is 48.0 Å². The second-order valence-electron chi connectivity index (χ2n) is 4.66. The van der Waals surface area contributed by atoms with Gasteiger partial charge < -0.3 is 0 Å². The molecule has 108 valence electrons. The Kier molecular flexibility index (Phi) is 4.47. The Bertz CT molecular complexity index is 712. The zero-order chi connectivity index (χ0) is 15.2. The molecule has 3 rings (SSSR count). The van der Waals surface area contributed by atoms with Gasteiger partial charge >= 0.3 is 0 Å². The largest absolute Gasteiger partial charge is 0.278 e. The molecule has 0 radical (unpaired) electrons. The first-order valence-electron chi connectivity index (χ1n) is 6.89. The van der Waals surface area contributed by atoms with Crippen molar-refractivity contribution in [1.82, 2.24) is 4.98 Å². The van der Waals surface area contributed by atoms with E-state index in [9.17, 15) is 0 Å². The van der Waals surface area contributed by atoms with Crippen LogP contribution in [0.25, 0.3) is 0 Å². The Labute approximate surface area is 134 Å². The maximum absolute atomic E-state index is 5.89.